The van der Waals surface area contributed by atoms with E-state index in [0.29, 0.717) is 5.56 Å². The van der Waals surface area contributed by atoms with Crippen molar-refractivity contribution >= 4 is 17.6 Å². The molecule has 0 atom stereocenters. The molecule has 1 aromatic carbocycles. The number of carboxylic acid groups (broad SMARTS) is 1. The van der Waals surface area contributed by atoms with E-state index < -0.39 is 5.97 Å². The molecule has 0 bridgehead atoms. The molecule has 1 heterocycles. The lowest BCUT2D eigenvalue weighted by molar-refractivity contribution is -0.136. The Hall–Kier alpha value is -2.04. The van der Waals surface area contributed by atoms with Crippen molar-refractivity contribution in [2.75, 3.05) is 24.5 Å². The first-order chi connectivity index (χ1) is 9.58. The number of nitrogens with one attached hydrogen (secondary N) is 1. The number of carbonyl (C=O) groups is 2. The van der Waals surface area contributed by atoms with Gasteiger partial charge in [0.25, 0.3) is 5.91 Å². The van der Waals surface area contributed by atoms with Gasteiger partial charge >= 0.3 is 5.97 Å². The molecule has 1 aliphatic rings. The second kappa shape index (κ2) is 6.41. The quantitative estimate of drug-likeness (QED) is 0.860. The van der Waals surface area contributed by atoms with Gasteiger partial charge in [0, 0.05) is 25.3 Å². The van der Waals surface area contributed by atoms with Crippen LogP contribution in [0.25, 0.3) is 0 Å². The number of anilines is 1. The smallest absolute Gasteiger partial charge is 0.305 e. The molecule has 1 aliphatic heterocycles. The minimum atomic E-state index is -0.908. The van der Waals surface area contributed by atoms with Crippen LogP contribution < -0.4 is 10.2 Å². The number of rotatable bonds is 5. The number of amides is 1. The van der Waals surface area contributed by atoms with E-state index in [1.807, 2.05) is 25.1 Å². The molecule has 1 aromatic rings. The van der Waals surface area contributed by atoms with Gasteiger partial charge in [-0.25, -0.2) is 0 Å². The van der Waals surface area contributed by atoms with E-state index in [1.165, 1.54) is 0 Å². The Morgan fingerprint density at radius 1 is 1.30 bits per heavy atom. The summed E-state index contributed by atoms with van der Waals surface area (Å²) in [6, 6.07) is 5.85. The molecule has 1 saturated heterocycles. The van der Waals surface area contributed by atoms with Crippen molar-refractivity contribution in [3.8, 4) is 0 Å². The average Bonchev–Trinajstić information content (AvgIpc) is 2.91. The molecule has 20 heavy (non-hydrogen) atoms. The first-order valence-corrected chi connectivity index (χ1v) is 6.93. The summed E-state index contributed by atoms with van der Waals surface area (Å²) in [6.45, 7) is 4.04. The zero-order valence-electron chi connectivity index (χ0n) is 11.7. The van der Waals surface area contributed by atoms with Crippen LogP contribution in [0.5, 0.6) is 0 Å². The first-order valence-electron chi connectivity index (χ1n) is 6.93. The number of hydrogen-bond acceptors (Lipinski definition) is 3. The SMILES string of the molecule is Cc1ccc(N2CCCC2)c(C(=O)NCCC(=O)O)c1. The fraction of sp³-hybridized carbons (Fsp3) is 0.467. The van der Waals surface area contributed by atoms with Gasteiger partial charge in [0.05, 0.1) is 12.0 Å². The van der Waals surface area contributed by atoms with E-state index in [-0.39, 0.29) is 18.9 Å². The molecule has 1 amide bonds. The number of carboxylic acids is 1. The molecule has 0 saturated carbocycles. The van der Waals surface area contributed by atoms with Gasteiger partial charge in [0.15, 0.2) is 0 Å². The largest absolute Gasteiger partial charge is 0.481 e. The van der Waals surface area contributed by atoms with E-state index in [9.17, 15) is 9.59 Å². The molecule has 2 rings (SSSR count). The Morgan fingerprint density at radius 2 is 2.00 bits per heavy atom. The monoisotopic (exact) mass is 276 g/mol. The lowest BCUT2D eigenvalue weighted by Crippen LogP contribution is -2.29. The number of aryl methyl sites for hydroxylation is 1. The van der Waals surface area contributed by atoms with Crippen LogP contribution in [0.2, 0.25) is 0 Å². The Morgan fingerprint density at radius 3 is 2.65 bits per heavy atom. The zero-order valence-corrected chi connectivity index (χ0v) is 11.7. The summed E-state index contributed by atoms with van der Waals surface area (Å²) in [7, 11) is 0. The maximum Gasteiger partial charge on any atom is 0.305 e. The molecule has 0 radical (unpaired) electrons. The molecule has 0 aromatic heterocycles. The molecule has 2 N–H and O–H groups in total. The third-order valence-electron chi connectivity index (χ3n) is 3.47. The summed E-state index contributed by atoms with van der Waals surface area (Å²) in [5.41, 5.74) is 2.61. The molecule has 5 heteroatoms. The van der Waals surface area contributed by atoms with E-state index in [4.69, 9.17) is 5.11 Å². The third kappa shape index (κ3) is 3.50. The van der Waals surface area contributed by atoms with Crippen molar-refractivity contribution in [3.63, 3.8) is 0 Å². The van der Waals surface area contributed by atoms with Crippen molar-refractivity contribution < 1.29 is 14.7 Å². The van der Waals surface area contributed by atoms with Gasteiger partial charge in [-0.05, 0) is 31.9 Å². The highest BCUT2D eigenvalue weighted by molar-refractivity contribution is 6.00. The van der Waals surface area contributed by atoms with Crippen LogP contribution in [-0.2, 0) is 4.79 Å². The average molecular weight is 276 g/mol. The van der Waals surface area contributed by atoms with Crippen LogP contribution in [0.15, 0.2) is 18.2 Å². The Labute approximate surface area is 118 Å². The molecule has 0 unspecified atom stereocenters. The Kier molecular flexibility index (Phi) is 4.61. The summed E-state index contributed by atoms with van der Waals surface area (Å²) in [6.07, 6.45) is 2.23. The second-order valence-corrected chi connectivity index (χ2v) is 5.11. The van der Waals surface area contributed by atoms with Crippen LogP contribution >= 0.6 is 0 Å². The number of aliphatic carboxylic acids is 1. The summed E-state index contributed by atoms with van der Waals surface area (Å²) in [5, 5.41) is 11.3. The van der Waals surface area contributed by atoms with Crippen molar-refractivity contribution in [1.82, 2.24) is 5.32 Å². The van der Waals surface area contributed by atoms with Gasteiger partial charge in [0.2, 0.25) is 0 Å². The number of benzene rings is 1. The van der Waals surface area contributed by atoms with Crippen LogP contribution in [0, 0.1) is 6.92 Å². The molecular weight excluding hydrogens is 256 g/mol. The van der Waals surface area contributed by atoms with Crippen molar-refractivity contribution in [1.29, 1.82) is 0 Å². The maximum atomic E-state index is 12.2. The van der Waals surface area contributed by atoms with Gasteiger partial charge in [-0.2, -0.15) is 0 Å². The van der Waals surface area contributed by atoms with Gasteiger partial charge in [-0.3, -0.25) is 9.59 Å². The van der Waals surface area contributed by atoms with Gasteiger partial charge in [0.1, 0.15) is 0 Å². The number of nitrogens with zero attached hydrogens (tertiary/aromatic N) is 1. The Bertz CT molecular complexity index is 508. The van der Waals surface area contributed by atoms with Gasteiger partial charge in [-0.1, -0.05) is 11.6 Å². The maximum absolute atomic E-state index is 12.2. The van der Waals surface area contributed by atoms with Gasteiger partial charge in [-0.15, -0.1) is 0 Å². The third-order valence-corrected chi connectivity index (χ3v) is 3.47. The fourth-order valence-corrected chi connectivity index (χ4v) is 2.44. The topological polar surface area (TPSA) is 69.6 Å². The van der Waals surface area contributed by atoms with Crippen LogP contribution in [0.1, 0.15) is 35.2 Å². The highest BCUT2D eigenvalue weighted by Crippen LogP contribution is 2.25. The van der Waals surface area contributed by atoms with Crippen molar-refractivity contribution in [2.24, 2.45) is 0 Å². The van der Waals surface area contributed by atoms with E-state index in [1.54, 1.807) is 0 Å². The lowest BCUT2D eigenvalue weighted by Gasteiger charge is -2.21. The van der Waals surface area contributed by atoms with E-state index in [0.717, 1.165) is 37.2 Å². The normalized spacial score (nSPS) is 14.3. The second-order valence-electron chi connectivity index (χ2n) is 5.11. The molecule has 0 spiro atoms. The lowest BCUT2D eigenvalue weighted by atomic mass is 10.1. The van der Waals surface area contributed by atoms with Crippen LogP contribution in [-0.4, -0.2) is 36.6 Å². The molecular formula is C15H20N2O3. The summed E-state index contributed by atoms with van der Waals surface area (Å²) < 4.78 is 0. The van der Waals surface area contributed by atoms with Crippen molar-refractivity contribution in [3.05, 3.63) is 29.3 Å². The summed E-state index contributed by atoms with van der Waals surface area (Å²) >= 11 is 0. The van der Waals surface area contributed by atoms with Crippen LogP contribution in [0.3, 0.4) is 0 Å². The first kappa shape index (κ1) is 14.4. The molecule has 5 nitrogen and oxygen atoms in total. The summed E-state index contributed by atoms with van der Waals surface area (Å²) in [5.74, 6) is -1.11. The minimum Gasteiger partial charge on any atom is -0.481 e. The zero-order chi connectivity index (χ0) is 14.5. The number of carbonyl (C=O) groups excluding carboxylic acids is 1. The molecule has 1 fully saturated rings. The highest BCUT2D eigenvalue weighted by Gasteiger charge is 2.19. The minimum absolute atomic E-state index is 0.0589. The fourth-order valence-electron chi connectivity index (χ4n) is 2.44. The van der Waals surface area contributed by atoms with Crippen molar-refractivity contribution in [2.45, 2.75) is 26.2 Å². The Balaban J connectivity index is 2.13. The molecule has 0 aliphatic carbocycles. The predicted molar refractivity (Wildman–Crippen MR) is 77.2 cm³/mol. The van der Waals surface area contributed by atoms with E-state index >= 15 is 0 Å². The standard InChI is InChI=1S/C15H20N2O3/c1-11-4-5-13(17-8-2-3-9-17)12(10-11)15(20)16-7-6-14(18)19/h4-5,10H,2-3,6-9H2,1H3,(H,16,20)(H,18,19). The molecule has 108 valence electrons. The van der Waals surface area contributed by atoms with Gasteiger partial charge < -0.3 is 15.3 Å². The van der Waals surface area contributed by atoms with E-state index in [2.05, 4.69) is 10.2 Å². The summed E-state index contributed by atoms with van der Waals surface area (Å²) in [4.78, 5) is 24.9. The number of hydrogen-bond donors (Lipinski definition) is 2. The predicted octanol–water partition coefficient (Wildman–Crippen LogP) is 1.80. The highest BCUT2D eigenvalue weighted by atomic mass is 16.4. The van der Waals surface area contributed by atoms with Crippen LogP contribution in [0.4, 0.5) is 5.69 Å².